The summed E-state index contributed by atoms with van der Waals surface area (Å²) in [4.78, 5) is 41.3. The highest BCUT2D eigenvalue weighted by Gasteiger charge is 2.36. The Morgan fingerprint density at radius 3 is 2.29 bits per heavy atom. The predicted octanol–water partition coefficient (Wildman–Crippen LogP) is 5.57. The summed E-state index contributed by atoms with van der Waals surface area (Å²) in [6, 6.07) is 10.7. The number of aromatic nitrogens is 1. The predicted molar refractivity (Wildman–Crippen MR) is 157 cm³/mol. The fourth-order valence-electron chi connectivity index (χ4n) is 4.63. The van der Waals surface area contributed by atoms with Gasteiger partial charge in [0.1, 0.15) is 12.6 Å². The molecule has 42 heavy (non-hydrogen) atoms. The Morgan fingerprint density at radius 1 is 1.07 bits per heavy atom. The number of hydrogen-bond acceptors (Lipinski definition) is 5. The average Bonchev–Trinajstić information content (AvgIpc) is 2.93. The van der Waals surface area contributed by atoms with E-state index in [0.29, 0.717) is 17.7 Å². The second-order valence-corrected chi connectivity index (χ2v) is 10.4. The van der Waals surface area contributed by atoms with Crippen molar-refractivity contribution < 1.29 is 27.5 Å². The molecule has 0 bridgehead atoms. The molecular formula is C31H35ClF3N3O4. The van der Waals surface area contributed by atoms with Crippen LogP contribution in [0.2, 0.25) is 5.02 Å². The lowest BCUT2D eigenvalue weighted by molar-refractivity contribution is -0.146. The normalized spacial score (nSPS) is 12.3. The molecule has 0 aliphatic rings. The number of nitrogens with zero attached hydrogens (tertiary/aromatic N) is 2. The number of esters is 1. The number of halogens is 4. The molecule has 7 nitrogen and oxygen atoms in total. The number of alkyl halides is 3. The topological polar surface area (TPSA) is 80.6 Å². The molecule has 0 saturated heterocycles. The summed E-state index contributed by atoms with van der Waals surface area (Å²) in [6.45, 7) is 9.35. The molecule has 3 aromatic rings. The van der Waals surface area contributed by atoms with Crippen molar-refractivity contribution >= 4 is 23.5 Å². The molecule has 0 saturated carbocycles. The maximum Gasteiger partial charge on any atom is 0.417 e. The van der Waals surface area contributed by atoms with E-state index in [4.69, 9.17) is 16.3 Å². The van der Waals surface area contributed by atoms with Gasteiger partial charge in [0.2, 0.25) is 0 Å². The number of amides is 1. The smallest absolute Gasteiger partial charge is 0.417 e. The van der Waals surface area contributed by atoms with E-state index in [0.717, 1.165) is 23.7 Å². The molecule has 1 aromatic heterocycles. The van der Waals surface area contributed by atoms with Gasteiger partial charge >= 0.3 is 12.1 Å². The molecule has 0 radical (unpaired) electrons. The minimum absolute atomic E-state index is 0.00232. The summed E-state index contributed by atoms with van der Waals surface area (Å²) >= 11 is 6.26. The molecule has 11 heteroatoms. The van der Waals surface area contributed by atoms with Gasteiger partial charge in [-0.25, -0.2) is 4.79 Å². The second-order valence-electron chi connectivity index (χ2n) is 9.99. The van der Waals surface area contributed by atoms with Gasteiger partial charge in [-0.15, -0.1) is 0 Å². The number of hydrogen-bond donors (Lipinski definition) is 1. The van der Waals surface area contributed by atoms with Crippen LogP contribution in [0.5, 0.6) is 0 Å². The molecule has 0 fully saturated rings. The number of likely N-dealkylation sites (N-methyl/N-ethyl adjacent to an activating group) is 1. The monoisotopic (exact) mass is 605 g/mol. The number of pyridine rings is 1. The standard InChI is InChI=1S/C31H35ClF3N3O4/c1-6-38(7-2)15-16-42-30(41)25(36-28(39)26-19(3)9-8-10-24(26)32)18-21-11-13-22(14-12-21)27-23(31(33,34)35)17-20(4)37(5)29(27)40/h8-14,17,25H,6-7,15-16,18H2,1-5H3,(H,36,39)/t25-/m0/s1. The van der Waals surface area contributed by atoms with E-state index >= 15 is 0 Å². The summed E-state index contributed by atoms with van der Waals surface area (Å²) < 4.78 is 48.1. The largest absolute Gasteiger partial charge is 0.463 e. The average molecular weight is 606 g/mol. The molecule has 226 valence electrons. The fourth-order valence-corrected chi connectivity index (χ4v) is 4.93. The Kier molecular flexibility index (Phi) is 11.0. The maximum absolute atomic E-state index is 13.8. The zero-order chi connectivity index (χ0) is 31.2. The molecule has 1 atom stereocenters. The first-order chi connectivity index (χ1) is 19.8. The van der Waals surface area contributed by atoms with Crippen LogP contribution in [0.1, 0.15) is 46.6 Å². The van der Waals surface area contributed by atoms with Crippen molar-refractivity contribution in [3.8, 4) is 11.1 Å². The molecule has 3 rings (SSSR count). The lowest BCUT2D eigenvalue weighted by Crippen LogP contribution is -2.44. The molecule has 0 spiro atoms. The van der Waals surface area contributed by atoms with Crippen molar-refractivity contribution in [2.75, 3.05) is 26.2 Å². The van der Waals surface area contributed by atoms with Crippen LogP contribution in [-0.4, -0.2) is 53.6 Å². The SMILES string of the molecule is CCN(CC)CCOC(=O)[C@H](Cc1ccc(-c2c(C(F)(F)F)cc(C)n(C)c2=O)cc1)NC(=O)c1c(C)cccc1Cl. The van der Waals surface area contributed by atoms with Gasteiger partial charge < -0.3 is 19.5 Å². The first kappa shape index (κ1) is 32.9. The Balaban J connectivity index is 1.91. The van der Waals surface area contributed by atoms with Crippen LogP contribution < -0.4 is 10.9 Å². The van der Waals surface area contributed by atoms with Crippen molar-refractivity contribution in [1.29, 1.82) is 0 Å². The van der Waals surface area contributed by atoms with E-state index in [2.05, 4.69) is 10.2 Å². The molecular weight excluding hydrogens is 571 g/mol. The van der Waals surface area contributed by atoms with Crippen molar-refractivity contribution in [2.45, 2.75) is 46.3 Å². The van der Waals surface area contributed by atoms with E-state index in [1.54, 1.807) is 25.1 Å². The lowest BCUT2D eigenvalue weighted by atomic mass is 9.97. The lowest BCUT2D eigenvalue weighted by Gasteiger charge is -2.21. The summed E-state index contributed by atoms with van der Waals surface area (Å²) in [7, 11) is 1.41. The first-order valence-corrected chi connectivity index (χ1v) is 14.0. The molecule has 0 unspecified atom stereocenters. The van der Waals surface area contributed by atoms with Gasteiger partial charge in [-0.05, 0) is 55.8 Å². The second kappa shape index (κ2) is 14.0. The minimum atomic E-state index is -4.73. The van der Waals surface area contributed by atoms with E-state index in [-0.39, 0.29) is 34.9 Å². The summed E-state index contributed by atoms with van der Waals surface area (Å²) in [5, 5.41) is 2.94. The third-order valence-corrected chi connectivity index (χ3v) is 7.56. The number of benzene rings is 2. The fraction of sp³-hybridized carbons (Fsp3) is 0.387. The Hall–Kier alpha value is -3.63. The van der Waals surface area contributed by atoms with Crippen LogP contribution in [-0.2, 0) is 29.2 Å². The Morgan fingerprint density at radius 2 is 1.71 bits per heavy atom. The molecule has 2 aromatic carbocycles. The third-order valence-electron chi connectivity index (χ3n) is 7.24. The number of aryl methyl sites for hydroxylation is 2. The first-order valence-electron chi connectivity index (χ1n) is 13.6. The zero-order valence-electron chi connectivity index (χ0n) is 24.3. The summed E-state index contributed by atoms with van der Waals surface area (Å²) in [6.07, 6.45) is -4.73. The van der Waals surface area contributed by atoms with E-state index in [9.17, 15) is 27.6 Å². The van der Waals surface area contributed by atoms with Crippen molar-refractivity contribution in [3.63, 3.8) is 0 Å². The highest BCUT2D eigenvalue weighted by molar-refractivity contribution is 6.34. The van der Waals surface area contributed by atoms with Crippen LogP contribution in [0.3, 0.4) is 0 Å². The van der Waals surface area contributed by atoms with E-state index in [1.165, 1.54) is 38.2 Å². The number of nitrogens with one attached hydrogen (secondary N) is 1. The molecule has 0 aliphatic carbocycles. The Bertz CT molecular complexity index is 1460. The number of ether oxygens (including phenoxy) is 1. The quantitative estimate of drug-likeness (QED) is 0.289. The van der Waals surface area contributed by atoms with Crippen molar-refractivity contribution in [1.82, 2.24) is 14.8 Å². The van der Waals surface area contributed by atoms with Gasteiger partial charge in [-0.3, -0.25) is 9.59 Å². The minimum Gasteiger partial charge on any atom is -0.463 e. The van der Waals surface area contributed by atoms with Crippen LogP contribution in [0.15, 0.2) is 53.3 Å². The highest BCUT2D eigenvalue weighted by atomic mass is 35.5. The highest BCUT2D eigenvalue weighted by Crippen LogP contribution is 2.36. The van der Waals surface area contributed by atoms with Crippen molar-refractivity contribution in [3.05, 3.63) is 91.9 Å². The van der Waals surface area contributed by atoms with E-state index in [1.807, 2.05) is 13.8 Å². The van der Waals surface area contributed by atoms with Crippen molar-refractivity contribution in [2.24, 2.45) is 7.05 Å². The van der Waals surface area contributed by atoms with E-state index < -0.39 is 40.8 Å². The van der Waals surface area contributed by atoms with Crippen LogP contribution in [0, 0.1) is 13.8 Å². The van der Waals surface area contributed by atoms with Gasteiger partial charge in [0.05, 0.1) is 21.7 Å². The van der Waals surface area contributed by atoms with Gasteiger partial charge in [0.15, 0.2) is 0 Å². The zero-order valence-corrected chi connectivity index (χ0v) is 25.0. The molecule has 1 heterocycles. The third kappa shape index (κ3) is 7.80. The van der Waals surface area contributed by atoms with Crippen LogP contribution in [0.4, 0.5) is 13.2 Å². The van der Waals surface area contributed by atoms with Crippen LogP contribution in [0.25, 0.3) is 11.1 Å². The molecule has 0 aliphatic heterocycles. The number of carbonyl (C=O) groups is 2. The number of carbonyl (C=O) groups excluding carboxylic acids is 2. The van der Waals surface area contributed by atoms with Crippen LogP contribution >= 0.6 is 11.6 Å². The maximum atomic E-state index is 13.8. The summed E-state index contributed by atoms with van der Waals surface area (Å²) in [5.74, 6) is -1.21. The summed E-state index contributed by atoms with van der Waals surface area (Å²) in [5.41, 5.74) is -0.598. The van der Waals surface area contributed by atoms with Gasteiger partial charge in [0, 0.05) is 25.7 Å². The molecule has 1 N–H and O–H groups in total. The number of rotatable bonds is 11. The van der Waals surface area contributed by atoms with Gasteiger partial charge in [-0.2, -0.15) is 13.2 Å². The van der Waals surface area contributed by atoms with Gasteiger partial charge in [-0.1, -0.05) is 61.8 Å². The molecule has 1 amide bonds. The van der Waals surface area contributed by atoms with Gasteiger partial charge in [0.25, 0.3) is 11.5 Å². The Labute approximate surface area is 248 Å².